The third-order valence-corrected chi connectivity index (χ3v) is 5.20. The predicted molar refractivity (Wildman–Crippen MR) is 81.8 cm³/mol. The molecule has 2 aromatic rings. The van der Waals surface area contributed by atoms with E-state index >= 15 is 0 Å². The van der Waals surface area contributed by atoms with Gasteiger partial charge in [0.25, 0.3) is 0 Å². The third-order valence-electron chi connectivity index (χ3n) is 4.65. The predicted octanol–water partition coefficient (Wildman–Crippen LogP) is 1.94. The average molecular weight is 350 g/mol. The highest BCUT2D eigenvalue weighted by atomic mass is 79.9. The van der Waals surface area contributed by atoms with Crippen molar-refractivity contribution in [3.8, 4) is 0 Å². The fourth-order valence-electron chi connectivity index (χ4n) is 3.61. The maximum atomic E-state index is 12.0. The second-order valence-electron chi connectivity index (χ2n) is 5.80. The van der Waals surface area contributed by atoms with Crippen LogP contribution in [0.3, 0.4) is 0 Å². The molecule has 0 spiro atoms. The van der Waals surface area contributed by atoms with E-state index in [0.29, 0.717) is 18.3 Å². The summed E-state index contributed by atoms with van der Waals surface area (Å²) in [5, 5.41) is 0. The molecule has 6 nitrogen and oxygen atoms in total. The highest BCUT2D eigenvalue weighted by Gasteiger charge is 2.38. The molecular weight excluding hydrogens is 334 g/mol. The lowest BCUT2D eigenvalue weighted by Crippen LogP contribution is -2.41. The first kappa shape index (κ1) is 13.1. The van der Waals surface area contributed by atoms with Gasteiger partial charge in [0, 0.05) is 37.3 Å². The van der Waals surface area contributed by atoms with Crippen LogP contribution >= 0.6 is 15.9 Å². The molecule has 4 rings (SSSR count). The van der Waals surface area contributed by atoms with Gasteiger partial charge in [0.1, 0.15) is 15.9 Å². The van der Waals surface area contributed by atoms with Gasteiger partial charge in [-0.1, -0.05) is 0 Å². The lowest BCUT2D eigenvalue weighted by Gasteiger charge is -2.34. The summed E-state index contributed by atoms with van der Waals surface area (Å²) >= 11 is 3.47. The first-order valence-electron chi connectivity index (χ1n) is 7.22. The molecule has 0 bridgehead atoms. The minimum atomic E-state index is 0.254. The van der Waals surface area contributed by atoms with E-state index < -0.39 is 0 Å². The third kappa shape index (κ3) is 1.94. The van der Waals surface area contributed by atoms with Crippen LogP contribution in [0.4, 0.5) is 5.82 Å². The number of imidazole rings is 1. The zero-order valence-electron chi connectivity index (χ0n) is 11.5. The maximum Gasteiger partial charge on any atom is 0.222 e. The standard InChI is InChI=1S/C14H16BrN5O/c15-12-11-13(16)17-5-6-19(11)14(18-12)8-1-2-9-3-4-10(21)20(9)7-8/h5-6,8-9H,1-4,7H2,(H2,16,17)/t8-,9+/m0/s1. The zero-order valence-corrected chi connectivity index (χ0v) is 13.1. The Balaban J connectivity index is 1.74. The minimum Gasteiger partial charge on any atom is -0.382 e. The molecule has 0 radical (unpaired) electrons. The van der Waals surface area contributed by atoms with E-state index in [2.05, 4.69) is 25.9 Å². The Kier molecular flexibility index (Phi) is 2.92. The Bertz CT molecular complexity index is 727. The molecule has 2 aliphatic heterocycles. The molecule has 0 unspecified atom stereocenters. The number of nitrogens with zero attached hydrogens (tertiary/aromatic N) is 4. The summed E-state index contributed by atoms with van der Waals surface area (Å²) in [5.74, 6) is 1.97. The van der Waals surface area contributed by atoms with Gasteiger partial charge in [0.2, 0.25) is 5.91 Å². The van der Waals surface area contributed by atoms with Gasteiger partial charge in [-0.05, 0) is 35.2 Å². The first-order chi connectivity index (χ1) is 10.1. The number of anilines is 1. The fraction of sp³-hybridized carbons (Fsp3) is 0.500. The second-order valence-corrected chi connectivity index (χ2v) is 6.56. The number of carbonyl (C=O) groups is 1. The number of halogens is 1. The van der Waals surface area contributed by atoms with Crippen molar-refractivity contribution in [2.24, 2.45) is 0 Å². The van der Waals surface area contributed by atoms with Crippen LogP contribution in [0.2, 0.25) is 0 Å². The van der Waals surface area contributed by atoms with Crippen LogP contribution < -0.4 is 5.73 Å². The Labute approximate surface area is 130 Å². The number of piperidine rings is 1. The van der Waals surface area contributed by atoms with E-state index in [-0.39, 0.29) is 11.8 Å². The van der Waals surface area contributed by atoms with Crippen molar-refractivity contribution in [1.82, 2.24) is 19.3 Å². The number of rotatable bonds is 1. The molecule has 0 aromatic carbocycles. The van der Waals surface area contributed by atoms with Crippen LogP contribution in [-0.2, 0) is 4.79 Å². The van der Waals surface area contributed by atoms with Crippen molar-refractivity contribution < 1.29 is 4.79 Å². The molecule has 2 atom stereocenters. The lowest BCUT2D eigenvalue weighted by atomic mass is 9.93. The number of carbonyl (C=O) groups excluding carboxylic acids is 1. The number of fused-ring (bicyclic) bond motifs is 2. The molecule has 7 heteroatoms. The number of aromatic nitrogens is 3. The average Bonchev–Trinajstić information content (AvgIpc) is 3.01. The normalized spacial score (nSPS) is 25.6. The summed E-state index contributed by atoms with van der Waals surface area (Å²) in [6, 6.07) is 0.440. The van der Waals surface area contributed by atoms with Crippen LogP contribution in [0.1, 0.15) is 37.4 Å². The smallest absolute Gasteiger partial charge is 0.222 e. The number of nitrogens with two attached hydrogens (primary N) is 1. The lowest BCUT2D eigenvalue weighted by molar-refractivity contribution is -0.130. The topological polar surface area (TPSA) is 76.5 Å². The summed E-state index contributed by atoms with van der Waals surface area (Å²) < 4.78 is 2.72. The molecule has 2 aliphatic rings. The molecular formula is C14H16BrN5O. The SMILES string of the molecule is Nc1nccn2c([C@H]3CC[C@@H]4CCC(=O)N4C3)nc(Br)c12. The zero-order chi connectivity index (χ0) is 14.6. The first-order valence-corrected chi connectivity index (χ1v) is 8.02. The van der Waals surface area contributed by atoms with Gasteiger partial charge < -0.3 is 10.6 Å². The van der Waals surface area contributed by atoms with Crippen molar-refractivity contribution in [1.29, 1.82) is 0 Å². The van der Waals surface area contributed by atoms with Crippen molar-refractivity contribution in [2.45, 2.75) is 37.6 Å². The largest absolute Gasteiger partial charge is 0.382 e. The van der Waals surface area contributed by atoms with E-state index in [1.54, 1.807) is 6.20 Å². The van der Waals surface area contributed by atoms with Crippen LogP contribution in [0.25, 0.3) is 5.52 Å². The van der Waals surface area contributed by atoms with Crippen LogP contribution in [0.15, 0.2) is 17.0 Å². The Morgan fingerprint density at radius 2 is 2.19 bits per heavy atom. The minimum absolute atomic E-state index is 0.254. The molecule has 1 amide bonds. The van der Waals surface area contributed by atoms with Gasteiger partial charge in [-0.3, -0.25) is 9.20 Å². The highest BCUT2D eigenvalue weighted by Crippen LogP contribution is 2.36. The monoisotopic (exact) mass is 349 g/mol. The van der Waals surface area contributed by atoms with Gasteiger partial charge in [-0.2, -0.15) is 0 Å². The second kappa shape index (κ2) is 4.69. The number of hydrogen-bond acceptors (Lipinski definition) is 4. The quantitative estimate of drug-likeness (QED) is 0.853. The van der Waals surface area contributed by atoms with Crippen LogP contribution in [0, 0.1) is 0 Å². The Morgan fingerprint density at radius 1 is 1.33 bits per heavy atom. The summed E-state index contributed by atoms with van der Waals surface area (Å²) in [7, 11) is 0. The van der Waals surface area contributed by atoms with Crippen LogP contribution in [-0.4, -0.2) is 37.8 Å². The van der Waals surface area contributed by atoms with E-state index in [9.17, 15) is 4.79 Å². The molecule has 21 heavy (non-hydrogen) atoms. The van der Waals surface area contributed by atoms with E-state index in [0.717, 1.165) is 41.8 Å². The molecule has 4 heterocycles. The van der Waals surface area contributed by atoms with Gasteiger partial charge >= 0.3 is 0 Å². The Hall–Kier alpha value is -1.63. The van der Waals surface area contributed by atoms with Gasteiger partial charge in [-0.15, -0.1) is 0 Å². The van der Waals surface area contributed by atoms with Gasteiger partial charge in [0.05, 0.1) is 0 Å². The summed E-state index contributed by atoms with van der Waals surface area (Å²) in [5.41, 5.74) is 6.75. The van der Waals surface area contributed by atoms with Crippen LogP contribution in [0.5, 0.6) is 0 Å². The van der Waals surface area contributed by atoms with Crippen molar-refractivity contribution in [3.05, 3.63) is 22.8 Å². The van der Waals surface area contributed by atoms with Crippen molar-refractivity contribution >= 4 is 33.2 Å². The number of nitrogen functional groups attached to an aromatic ring is 1. The van der Waals surface area contributed by atoms with Gasteiger partial charge in [0.15, 0.2) is 5.82 Å². The summed E-state index contributed by atoms with van der Waals surface area (Å²) in [4.78, 5) is 22.8. The van der Waals surface area contributed by atoms with E-state index in [4.69, 9.17) is 5.73 Å². The number of hydrogen-bond donors (Lipinski definition) is 1. The fourth-order valence-corrected chi connectivity index (χ4v) is 4.18. The Morgan fingerprint density at radius 3 is 3.05 bits per heavy atom. The molecule has 0 aliphatic carbocycles. The molecule has 2 fully saturated rings. The molecule has 110 valence electrons. The van der Waals surface area contributed by atoms with E-state index in [1.807, 2.05) is 15.5 Å². The molecule has 0 saturated carbocycles. The molecule has 2 saturated heterocycles. The summed E-state index contributed by atoms with van der Waals surface area (Å²) in [6.07, 6.45) is 7.39. The molecule has 2 aromatic heterocycles. The number of amides is 1. The highest BCUT2D eigenvalue weighted by molar-refractivity contribution is 9.10. The molecule has 2 N–H and O–H groups in total. The van der Waals surface area contributed by atoms with Crippen molar-refractivity contribution in [2.75, 3.05) is 12.3 Å². The van der Waals surface area contributed by atoms with E-state index in [1.165, 1.54) is 0 Å². The van der Waals surface area contributed by atoms with Crippen molar-refractivity contribution in [3.63, 3.8) is 0 Å². The summed E-state index contributed by atoms with van der Waals surface area (Å²) in [6.45, 7) is 0.761. The van der Waals surface area contributed by atoms with Gasteiger partial charge in [-0.25, -0.2) is 9.97 Å². The maximum absolute atomic E-state index is 12.0.